The maximum atomic E-state index is 12.8. The lowest BCUT2D eigenvalue weighted by atomic mass is 10.0. The van der Waals surface area contributed by atoms with Crippen molar-refractivity contribution in [1.29, 1.82) is 0 Å². The van der Waals surface area contributed by atoms with E-state index >= 15 is 0 Å². The quantitative estimate of drug-likeness (QED) is 0.137. The summed E-state index contributed by atoms with van der Waals surface area (Å²) in [5.74, 6) is -1.52. The van der Waals surface area contributed by atoms with E-state index in [1.54, 1.807) is 19.2 Å². The number of nitrogens with two attached hydrogens (primary N) is 1. The molecule has 0 aliphatic carbocycles. The average Bonchev–Trinajstić information content (AvgIpc) is 3.28. The second-order valence-electron chi connectivity index (χ2n) is 9.64. The zero-order valence-electron chi connectivity index (χ0n) is 22.7. The number of nitrogens with zero attached hydrogens (tertiary/aromatic N) is 1. The molecule has 1 aromatic rings. The summed E-state index contributed by atoms with van der Waals surface area (Å²) in [6, 6.07) is 6.44. The summed E-state index contributed by atoms with van der Waals surface area (Å²) >= 11 is 0. The van der Waals surface area contributed by atoms with E-state index in [-0.39, 0.29) is 12.3 Å². The van der Waals surface area contributed by atoms with Crippen molar-refractivity contribution in [3.8, 4) is 5.75 Å². The number of benzene rings is 1. The van der Waals surface area contributed by atoms with Gasteiger partial charge in [-0.2, -0.15) is 0 Å². The van der Waals surface area contributed by atoms with Crippen LogP contribution in [0.5, 0.6) is 5.75 Å². The van der Waals surface area contributed by atoms with Gasteiger partial charge in [0.05, 0.1) is 7.11 Å². The molecule has 0 spiro atoms. The molecule has 1 unspecified atom stereocenters. The molecule has 3 aliphatic heterocycles. The van der Waals surface area contributed by atoms with E-state index in [1.807, 2.05) is 12.1 Å². The highest BCUT2D eigenvalue weighted by Gasteiger charge is 2.54. The molecular weight excluding hydrogens is 560 g/mol. The number of methoxy groups -OCH3 is 2. The first-order chi connectivity index (χ1) is 20.0. The number of aliphatic hydroxyl groups is 4. The summed E-state index contributed by atoms with van der Waals surface area (Å²) in [6.45, 7) is 0.209. The van der Waals surface area contributed by atoms with Gasteiger partial charge in [-0.3, -0.25) is 14.5 Å². The fourth-order valence-corrected chi connectivity index (χ4v) is 4.65. The van der Waals surface area contributed by atoms with Crippen LogP contribution in [0.25, 0.3) is 0 Å². The highest BCUT2D eigenvalue weighted by molar-refractivity contribution is 5.91. The van der Waals surface area contributed by atoms with Crippen LogP contribution in [-0.2, 0) is 35.0 Å². The van der Waals surface area contributed by atoms with Crippen LogP contribution in [0.2, 0.25) is 0 Å². The van der Waals surface area contributed by atoms with E-state index in [2.05, 4.69) is 10.6 Å². The summed E-state index contributed by atoms with van der Waals surface area (Å²) in [5, 5.41) is 46.1. The van der Waals surface area contributed by atoms with E-state index in [0.717, 1.165) is 16.5 Å². The molecule has 42 heavy (non-hydrogen) atoms. The maximum absolute atomic E-state index is 12.8. The molecule has 16 heteroatoms. The second-order valence-corrected chi connectivity index (χ2v) is 9.64. The third-order valence-electron chi connectivity index (χ3n) is 6.87. The Balaban J connectivity index is 1.42. The number of amides is 4. The highest BCUT2D eigenvalue weighted by atomic mass is 16.7. The molecule has 9 atom stereocenters. The Hall–Kier alpha value is -3.77. The SMILES string of the molecule is COc1ccc(CCNC(=O)C2=C[C@H](O)[C@H](O)[C@@H](O[C@@H](C(N)=O)[C@H]3O[C@@H](N4C=CC(O)NC4=O)[C@H](O)[C@@H]3OC)O2)cc1. The van der Waals surface area contributed by atoms with Crippen LogP contribution in [0.3, 0.4) is 0 Å². The lowest BCUT2D eigenvalue weighted by Gasteiger charge is -2.35. The van der Waals surface area contributed by atoms with Gasteiger partial charge in [0.15, 0.2) is 18.1 Å². The molecule has 0 radical (unpaired) electrons. The van der Waals surface area contributed by atoms with Gasteiger partial charge in [-0.25, -0.2) is 4.79 Å². The van der Waals surface area contributed by atoms with Crippen LogP contribution in [0, 0.1) is 0 Å². The Bertz CT molecular complexity index is 1190. The summed E-state index contributed by atoms with van der Waals surface area (Å²) in [7, 11) is 2.77. The fraction of sp³-hybridized carbons (Fsp3) is 0.500. The van der Waals surface area contributed by atoms with Crippen molar-refractivity contribution >= 4 is 17.8 Å². The van der Waals surface area contributed by atoms with Crippen molar-refractivity contribution in [2.45, 2.75) is 61.8 Å². The van der Waals surface area contributed by atoms with Crippen molar-refractivity contribution in [3.05, 3.63) is 53.9 Å². The zero-order chi connectivity index (χ0) is 30.6. The lowest BCUT2D eigenvalue weighted by Crippen LogP contribution is -2.54. The molecule has 3 aliphatic rings. The van der Waals surface area contributed by atoms with Gasteiger partial charge in [0.1, 0.15) is 42.5 Å². The molecule has 4 amide bonds. The van der Waals surface area contributed by atoms with Gasteiger partial charge in [0.25, 0.3) is 5.91 Å². The normalized spacial score (nSPS) is 31.5. The summed E-state index contributed by atoms with van der Waals surface area (Å²) in [4.78, 5) is 38.5. The fourth-order valence-electron chi connectivity index (χ4n) is 4.65. The number of carbonyl (C=O) groups is 3. The molecule has 3 heterocycles. The first-order valence-electron chi connectivity index (χ1n) is 13.0. The minimum absolute atomic E-state index is 0.209. The van der Waals surface area contributed by atoms with Crippen LogP contribution < -0.4 is 21.1 Å². The van der Waals surface area contributed by atoms with Gasteiger partial charge in [-0.15, -0.1) is 0 Å². The Morgan fingerprint density at radius 3 is 2.48 bits per heavy atom. The number of nitrogens with one attached hydrogen (secondary N) is 2. The Kier molecular flexibility index (Phi) is 10.00. The topological polar surface area (TPSA) is 232 Å². The Morgan fingerprint density at radius 1 is 1.14 bits per heavy atom. The van der Waals surface area contributed by atoms with Crippen molar-refractivity contribution in [3.63, 3.8) is 0 Å². The minimum Gasteiger partial charge on any atom is -0.497 e. The number of rotatable bonds is 11. The van der Waals surface area contributed by atoms with Crippen LogP contribution >= 0.6 is 0 Å². The third kappa shape index (κ3) is 6.81. The highest BCUT2D eigenvalue weighted by Crippen LogP contribution is 2.32. The van der Waals surface area contributed by atoms with Crippen LogP contribution in [0.15, 0.2) is 48.4 Å². The van der Waals surface area contributed by atoms with Gasteiger partial charge < -0.3 is 60.5 Å². The smallest absolute Gasteiger partial charge is 0.325 e. The largest absolute Gasteiger partial charge is 0.497 e. The van der Waals surface area contributed by atoms with Crippen LogP contribution in [0.4, 0.5) is 4.79 Å². The molecular formula is C26H34N4O12. The average molecular weight is 595 g/mol. The molecule has 1 fully saturated rings. The summed E-state index contributed by atoms with van der Waals surface area (Å²) in [6.07, 6.45) is -9.85. The number of hydrogen-bond donors (Lipinski definition) is 7. The third-order valence-corrected chi connectivity index (χ3v) is 6.87. The summed E-state index contributed by atoms with van der Waals surface area (Å²) < 4.78 is 27.3. The molecule has 0 saturated carbocycles. The van der Waals surface area contributed by atoms with E-state index < -0.39 is 73.2 Å². The molecule has 4 rings (SSSR count). The maximum Gasteiger partial charge on any atom is 0.325 e. The van der Waals surface area contributed by atoms with Gasteiger partial charge >= 0.3 is 6.03 Å². The molecule has 0 bridgehead atoms. The molecule has 0 aromatic heterocycles. The van der Waals surface area contributed by atoms with Gasteiger partial charge in [-0.1, -0.05) is 12.1 Å². The number of primary amides is 1. The monoisotopic (exact) mass is 594 g/mol. The van der Waals surface area contributed by atoms with Gasteiger partial charge in [-0.05, 0) is 36.3 Å². The van der Waals surface area contributed by atoms with Crippen LogP contribution in [0.1, 0.15) is 5.56 Å². The number of aliphatic hydroxyl groups excluding tert-OH is 4. The predicted molar refractivity (Wildman–Crippen MR) is 140 cm³/mol. The number of carbonyl (C=O) groups excluding carboxylic acids is 3. The molecule has 230 valence electrons. The Morgan fingerprint density at radius 2 is 1.86 bits per heavy atom. The standard InChI is InChI=1S/C26H34N4O12/c1-38-13-5-3-12(4-6-13)7-9-28-23(36)15-11-14(31)17(33)25(40-15)42-21(22(27)35)20-19(39-2)18(34)24(41-20)30-10-8-16(32)29-26(30)37/h3-6,8,10-11,14,16-21,24-25,31-34H,7,9H2,1-2H3,(H2,27,35)(H,28,36)(H,29,37)/t14-,16?,17-,18+,19-,20-,21+,24+,25+/m0/s1. The van der Waals surface area contributed by atoms with E-state index in [9.17, 15) is 34.8 Å². The first-order valence-corrected chi connectivity index (χ1v) is 13.0. The van der Waals surface area contributed by atoms with Gasteiger partial charge in [0, 0.05) is 19.9 Å². The second kappa shape index (κ2) is 13.5. The Labute approximate surface area is 240 Å². The minimum atomic E-state index is -1.77. The number of urea groups is 1. The lowest BCUT2D eigenvalue weighted by molar-refractivity contribution is -0.241. The van der Waals surface area contributed by atoms with Crippen molar-refractivity contribution in [2.24, 2.45) is 5.73 Å². The molecule has 8 N–H and O–H groups in total. The van der Waals surface area contributed by atoms with Crippen LogP contribution in [-0.4, -0.2) is 119 Å². The van der Waals surface area contributed by atoms with Gasteiger partial charge in [0.2, 0.25) is 12.2 Å². The number of hydrogen-bond acceptors (Lipinski definition) is 12. The van der Waals surface area contributed by atoms with Crippen molar-refractivity contribution < 1.29 is 58.5 Å². The van der Waals surface area contributed by atoms with Crippen molar-refractivity contribution in [2.75, 3.05) is 20.8 Å². The predicted octanol–water partition coefficient (Wildman–Crippen LogP) is -2.86. The van der Waals surface area contributed by atoms with E-state index in [1.165, 1.54) is 19.4 Å². The van der Waals surface area contributed by atoms with Crippen molar-refractivity contribution in [1.82, 2.24) is 15.5 Å². The number of ether oxygens (including phenoxy) is 5. The first kappa shape index (κ1) is 31.2. The molecule has 16 nitrogen and oxygen atoms in total. The van der Waals surface area contributed by atoms with E-state index in [0.29, 0.717) is 12.2 Å². The molecule has 1 saturated heterocycles. The zero-order valence-corrected chi connectivity index (χ0v) is 22.7. The summed E-state index contributed by atoms with van der Waals surface area (Å²) in [5.41, 5.74) is 6.48. The molecule has 1 aromatic carbocycles. The van der Waals surface area contributed by atoms with E-state index in [4.69, 9.17) is 29.4 Å².